The Morgan fingerprint density at radius 3 is 2.85 bits per heavy atom. The van der Waals surface area contributed by atoms with Gasteiger partial charge in [-0.15, -0.1) is 0 Å². The molecule has 2 heterocycles. The first-order valence-electron chi connectivity index (χ1n) is 8.20. The van der Waals surface area contributed by atoms with Crippen molar-refractivity contribution in [2.45, 2.75) is 33.6 Å². The average Bonchev–Trinajstić information content (AvgIpc) is 3.01. The van der Waals surface area contributed by atoms with Crippen molar-refractivity contribution in [1.29, 1.82) is 5.26 Å². The summed E-state index contributed by atoms with van der Waals surface area (Å²) in [6.07, 6.45) is 2.36. The average molecular weight is 368 g/mol. The van der Waals surface area contributed by atoms with Crippen LogP contribution in [0.15, 0.2) is 24.4 Å². The fourth-order valence-electron chi connectivity index (χ4n) is 2.93. The molecule has 0 fully saturated rings. The van der Waals surface area contributed by atoms with E-state index in [1.807, 2.05) is 26.8 Å². The highest BCUT2D eigenvalue weighted by Crippen LogP contribution is 2.21. The molecule has 1 amide bonds. The first kappa shape index (κ1) is 17.9. The predicted molar refractivity (Wildman–Crippen MR) is 100 cm³/mol. The molecule has 3 aromatic rings. The van der Waals surface area contributed by atoms with E-state index >= 15 is 0 Å². The van der Waals surface area contributed by atoms with E-state index in [4.69, 9.17) is 16.9 Å². The summed E-state index contributed by atoms with van der Waals surface area (Å²) in [5, 5.41) is 16.8. The second-order valence-electron chi connectivity index (χ2n) is 6.17. The number of nitriles is 1. The number of rotatable bonds is 4. The van der Waals surface area contributed by atoms with Gasteiger partial charge in [-0.3, -0.25) is 4.79 Å². The summed E-state index contributed by atoms with van der Waals surface area (Å²) >= 11 is 5.99. The van der Waals surface area contributed by atoms with Crippen molar-refractivity contribution in [2.24, 2.45) is 0 Å². The molecule has 0 saturated heterocycles. The van der Waals surface area contributed by atoms with Crippen LogP contribution in [0.5, 0.6) is 0 Å². The number of aryl methyl sites for hydroxylation is 3. The van der Waals surface area contributed by atoms with Crippen molar-refractivity contribution in [3.8, 4) is 6.07 Å². The minimum absolute atomic E-state index is 0.0903. The molecule has 0 bridgehead atoms. The van der Waals surface area contributed by atoms with E-state index < -0.39 is 0 Å². The molecule has 0 unspecified atom stereocenters. The summed E-state index contributed by atoms with van der Waals surface area (Å²) in [4.78, 5) is 16.8. The Bertz CT molecular complexity index is 1050. The standard InChI is InChI=1S/C19H18ClN5O/c1-11-4-5-15(20)8-17(11)24-18(26)7-6-16-12(2)23-19-14(9-21)10-22-25(19)13(16)3/h4-5,8,10H,6-7H2,1-3H3,(H,24,26). The lowest BCUT2D eigenvalue weighted by Gasteiger charge is -2.12. The number of benzene rings is 1. The third-order valence-electron chi connectivity index (χ3n) is 4.40. The number of hydrogen-bond acceptors (Lipinski definition) is 4. The molecule has 1 aromatic carbocycles. The summed E-state index contributed by atoms with van der Waals surface area (Å²) in [5.41, 5.74) is 5.32. The maximum absolute atomic E-state index is 12.3. The van der Waals surface area contributed by atoms with Crippen LogP contribution in [0.3, 0.4) is 0 Å². The van der Waals surface area contributed by atoms with E-state index in [2.05, 4.69) is 21.5 Å². The highest BCUT2D eigenvalue weighted by Gasteiger charge is 2.15. The third-order valence-corrected chi connectivity index (χ3v) is 4.64. The van der Waals surface area contributed by atoms with E-state index in [9.17, 15) is 4.79 Å². The fourth-order valence-corrected chi connectivity index (χ4v) is 3.10. The van der Waals surface area contributed by atoms with Gasteiger partial charge in [0.2, 0.25) is 5.91 Å². The van der Waals surface area contributed by atoms with Crippen molar-refractivity contribution in [3.05, 3.63) is 57.5 Å². The fraction of sp³-hybridized carbons (Fsp3) is 0.263. The molecule has 0 atom stereocenters. The van der Waals surface area contributed by atoms with Crippen molar-refractivity contribution in [1.82, 2.24) is 14.6 Å². The molecule has 0 radical (unpaired) electrons. The summed E-state index contributed by atoms with van der Waals surface area (Å²) in [7, 11) is 0. The molecule has 0 aliphatic carbocycles. The molecule has 0 aliphatic rings. The van der Waals surface area contributed by atoms with Gasteiger partial charge in [0, 0.05) is 28.5 Å². The topological polar surface area (TPSA) is 83.1 Å². The number of carbonyl (C=O) groups is 1. The quantitative estimate of drug-likeness (QED) is 0.761. The van der Waals surface area contributed by atoms with Gasteiger partial charge < -0.3 is 5.32 Å². The number of nitrogens with zero attached hydrogens (tertiary/aromatic N) is 4. The molecule has 132 valence electrons. The summed E-state index contributed by atoms with van der Waals surface area (Å²) < 4.78 is 1.65. The Balaban J connectivity index is 1.78. The molecule has 26 heavy (non-hydrogen) atoms. The molecule has 7 heteroatoms. The molecule has 1 N–H and O–H groups in total. The lowest BCUT2D eigenvalue weighted by Crippen LogP contribution is -2.15. The Labute approximate surface area is 156 Å². The van der Waals surface area contributed by atoms with Gasteiger partial charge in [-0.05, 0) is 50.5 Å². The van der Waals surface area contributed by atoms with Gasteiger partial charge in [0.05, 0.1) is 6.20 Å². The number of fused-ring (bicyclic) bond motifs is 1. The highest BCUT2D eigenvalue weighted by molar-refractivity contribution is 6.31. The van der Waals surface area contributed by atoms with Crippen molar-refractivity contribution in [2.75, 3.05) is 5.32 Å². The Hall–Kier alpha value is -2.91. The largest absolute Gasteiger partial charge is 0.326 e. The van der Waals surface area contributed by atoms with Crippen LogP contribution in [-0.2, 0) is 11.2 Å². The van der Waals surface area contributed by atoms with E-state index in [0.717, 1.165) is 28.2 Å². The minimum Gasteiger partial charge on any atom is -0.326 e. The lowest BCUT2D eigenvalue weighted by atomic mass is 10.1. The van der Waals surface area contributed by atoms with Crippen molar-refractivity contribution >= 4 is 28.8 Å². The molecular formula is C19H18ClN5O. The van der Waals surface area contributed by atoms with Crippen LogP contribution in [0.1, 0.15) is 34.5 Å². The van der Waals surface area contributed by atoms with Crippen LogP contribution >= 0.6 is 11.6 Å². The SMILES string of the molecule is Cc1ccc(Cl)cc1NC(=O)CCc1c(C)nc2c(C#N)cnn2c1C. The number of amides is 1. The number of anilines is 1. The smallest absolute Gasteiger partial charge is 0.224 e. The Morgan fingerprint density at radius 1 is 1.35 bits per heavy atom. The minimum atomic E-state index is -0.0903. The summed E-state index contributed by atoms with van der Waals surface area (Å²) in [6.45, 7) is 5.72. The molecule has 0 spiro atoms. The van der Waals surface area contributed by atoms with Gasteiger partial charge in [-0.25, -0.2) is 9.50 Å². The Kier molecular flexibility index (Phi) is 4.92. The number of aromatic nitrogens is 3. The maximum Gasteiger partial charge on any atom is 0.224 e. The Morgan fingerprint density at radius 2 is 2.12 bits per heavy atom. The summed E-state index contributed by atoms with van der Waals surface area (Å²) in [6, 6.07) is 7.49. The molecule has 2 aromatic heterocycles. The molecule has 6 nitrogen and oxygen atoms in total. The third kappa shape index (κ3) is 3.39. The van der Waals surface area contributed by atoms with Gasteiger partial charge in [0.1, 0.15) is 11.6 Å². The highest BCUT2D eigenvalue weighted by atomic mass is 35.5. The van der Waals surface area contributed by atoms with Crippen molar-refractivity contribution in [3.63, 3.8) is 0 Å². The molecule has 3 rings (SSSR count). The van der Waals surface area contributed by atoms with Gasteiger partial charge >= 0.3 is 0 Å². The van der Waals surface area contributed by atoms with Gasteiger partial charge in [0.25, 0.3) is 0 Å². The number of nitrogens with one attached hydrogen (secondary N) is 1. The maximum atomic E-state index is 12.3. The number of hydrogen-bond donors (Lipinski definition) is 1. The zero-order chi connectivity index (χ0) is 18.8. The van der Waals surface area contributed by atoms with Crippen molar-refractivity contribution < 1.29 is 4.79 Å². The van der Waals surface area contributed by atoms with E-state index in [1.165, 1.54) is 6.20 Å². The number of carbonyl (C=O) groups excluding carboxylic acids is 1. The molecular weight excluding hydrogens is 350 g/mol. The van der Waals surface area contributed by atoms with E-state index in [1.54, 1.807) is 16.6 Å². The zero-order valence-electron chi connectivity index (χ0n) is 14.8. The van der Waals surface area contributed by atoms with Gasteiger partial charge in [0.15, 0.2) is 5.65 Å². The van der Waals surface area contributed by atoms with Gasteiger partial charge in [-0.1, -0.05) is 17.7 Å². The second-order valence-corrected chi connectivity index (χ2v) is 6.61. The van der Waals surface area contributed by atoms with E-state index in [0.29, 0.717) is 29.1 Å². The zero-order valence-corrected chi connectivity index (χ0v) is 15.6. The molecule has 0 aliphatic heterocycles. The molecule has 0 saturated carbocycles. The predicted octanol–water partition coefficient (Wildman–Crippen LogP) is 3.75. The lowest BCUT2D eigenvalue weighted by molar-refractivity contribution is -0.116. The first-order chi connectivity index (χ1) is 12.4. The van der Waals surface area contributed by atoms with Crippen LogP contribution in [0.2, 0.25) is 5.02 Å². The van der Waals surface area contributed by atoms with Gasteiger partial charge in [-0.2, -0.15) is 10.4 Å². The van der Waals surface area contributed by atoms with E-state index in [-0.39, 0.29) is 5.91 Å². The van der Waals surface area contributed by atoms with Crippen LogP contribution in [-0.4, -0.2) is 20.5 Å². The first-order valence-corrected chi connectivity index (χ1v) is 8.58. The van der Waals surface area contributed by atoms with Crippen LogP contribution in [0.25, 0.3) is 5.65 Å². The number of halogens is 1. The second kappa shape index (κ2) is 7.14. The van der Waals surface area contributed by atoms with Crippen LogP contribution in [0, 0.1) is 32.1 Å². The van der Waals surface area contributed by atoms with Crippen LogP contribution < -0.4 is 5.32 Å². The monoisotopic (exact) mass is 367 g/mol. The van der Waals surface area contributed by atoms with Crippen LogP contribution in [0.4, 0.5) is 5.69 Å². The summed E-state index contributed by atoms with van der Waals surface area (Å²) in [5.74, 6) is -0.0903. The normalized spacial score (nSPS) is 10.7.